The van der Waals surface area contributed by atoms with Crippen LogP contribution in [0, 0.1) is 5.41 Å². The molecule has 3 aromatic carbocycles. The predicted molar refractivity (Wildman–Crippen MR) is 153 cm³/mol. The Balaban J connectivity index is 1.73. The van der Waals surface area contributed by atoms with Crippen molar-refractivity contribution in [3.63, 3.8) is 0 Å². The second-order valence-corrected chi connectivity index (χ2v) is 9.58. The number of hydrogen-bond donors (Lipinski definition) is 3. The third kappa shape index (κ3) is 6.23. The Hall–Kier alpha value is -3.41. The lowest BCUT2D eigenvalue weighted by Gasteiger charge is -2.38. The SMILES string of the molecule is CC(C)N1CCN(c2ccc(/C(=C(/CCCO)c3ccccc3)c3ccc(NC=N)cc3)cc2)CC1. The summed E-state index contributed by atoms with van der Waals surface area (Å²) >= 11 is 0. The van der Waals surface area contributed by atoms with Gasteiger partial charge >= 0.3 is 0 Å². The van der Waals surface area contributed by atoms with Crippen LogP contribution in [0.1, 0.15) is 43.4 Å². The molecule has 3 aromatic rings. The molecule has 0 atom stereocenters. The van der Waals surface area contributed by atoms with Crippen LogP contribution in [0.4, 0.5) is 11.4 Å². The fourth-order valence-corrected chi connectivity index (χ4v) is 4.98. The van der Waals surface area contributed by atoms with Gasteiger partial charge in [-0.15, -0.1) is 0 Å². The molecule has 1 heterocycles. The maximum atomic E-state index is 9.65. The summed E-state index contributed by atoms with van der Waals surface area (Å²) in [5, 5.41) is 19.9. The molecule has 0 aromatic heterocycles. The van der Waals surface area contributed by atoms with Gasteiger partial charge < -0.3 is 15.3 Å². The first-order valence-corrected chi connectivity index (χ1v) is 13.0. The van der Waals surface area contributed by atoms with Crippen LogP contribution in [-0.4, -0.2) is 55.2 Å². The highest BCUT2D eigenvalue weighted by atomic mass is 16.2. The topological polar surface area (TPSA) is 62.6 Å². The Labute approximate surface area is 215 Å². The van der Waals surface area contributed by atoms with Crippen molar-refractivity contribution in [1.29, 1.82) is 5.41 Å². The molecular weight excluding hydrogens is 444 g/mol. The number of anilines is 2. The molecule has 0 saturated carbocycles. The molecule has 0 spiro atoms. The van der Waals surface area contributed by atoms with E-state index in [1.54, 1.807) is 0 Å². The monoisotopic (exact) mass is 482 g/mol. The van der Waals surface area contributed by atoms with Crippen LogP contribution >= 0.6 is 0 Å². The zero-order valence-electron chi connectivity index (χ0n) is 21.5. The van der Waals surface area contributed by atoms with Gasteiger partial charge in [0.2, 0.25) is 0 Å². The van der Waals surface area contributed by atoms with E-state index < -0.39 is 0 Å². The molecule has 0 bridgehead atoms. The molecule has 3 N–H and O–H groups in total. The second-order valence-electron chi connectivity index (χ2n) is 9.58. The maximum Gasteiger partial charge on any atom is 0.0835 e. The molecule has 5 nitrogen and oxygen atoms in total. The lowest BCUT2D eigenvalue weighted by Crippen LogP contribution is -2.48. The fraction of sp³-hybridized carbons (Fsp3) is 0.323. The van der Waals surface area contributed by atoms with Crippen molar-refractivity contribution in [3.05, 3.63) is 95.6 Å². The van der Waals surface area contributed by atoms with E-state index in [2.05, 4.69) is 89.6 Å². The van der Waals surface area contributed by atoms with Crippen LogP contribution in [0.15, 0.2) is 78.9 Å². The van der Waals surface area contributed by atoms with Gasteiger partial charge in [0.1, 0.15) is 0 Å². The van der Waals surface area contributed by atoms with Crippen LogP contribution in [0.25, 0.3) is 11.1 Å². The van der Waals surface area contributed by atoms with Gasteiger partial charge in [-0.1, -0.05) is 54.6 Å². The highest BCUT2D eigenvalue weighted by molar-refractivity contribution is 5.99. The average Bonchev–Trinajstić information content (AvgIpc) is 2.92. The summed E-state index contributed by atoms with van der Waals surface area (Å²) < 4.78 is 0. The first-order chi connectivity index (χ1) is 17.6. The van der Waals surface area contributed by atoms with E-state index in [0.29, 0.717) is 12.5 Å². The number of hydrogen-bond acceptors (Lipinski definition) is 4. The van der Waals surface area contributed by atoms with E-state index in [0.717, 1.165) is 43.9 Å². The molecule has 1 fully saturated rings. The number of aliphatic hydroxyl groups excluding tert-OH is 1. The number of piperazine rings is 1. The van der Waals surface area contributed by atoms with Gasteiger partial charge in [0.25, 0.3) is 0 Å². The van der Waals surface area contributed by atoms with Crippen LogP contribution in [-0.2, 0) is 0 Å². The highest BCUT2D eigenvalue weighted by Gasteiger charge is 2.20. The molecule has 1 aliphatic heterocycles. The summed E-state index contributed by atoms with van der Waals surface area (Å²) in [4.78, 5) is 5.02. The number of nitrogens with zero attached hydrogens (tertiary/aromatic N) is 2. The van der Waals surface area contributed by atoms with Crippen molar-refractivity contribution in [2.24, 2.45) is 0 Å². The van der Waals surface area contributed by atoms with Gasteiger partial charge in [0, 0.05) is 50.2 Å². The number of aliphatic hydroxyl groups is 1. The minimum Gasteiger partial charge on any atom is -0.396 e. The van der Waals surface area contributed by atoms with Gasteiger partial charge in [0.05, 0.1) is 6.34 Å². The number of nitrogens with one attached hydrogen (secondary N) is 2. The third-order valence-corrected chi connectivity index (χ3v) is 6.99. The van der Waals surface area contributed by atoms with Gasteiger partial charge in [-0.25, -0.2) is 0 Å². The van der Waals surface area contributed by atoms with Crippen LogP contribution in [0.5, 0.6) is 0 Å². The lowest BCUT2D eigenvalue weighted by atomic mass is 9.87. The minimum atomic E-state index is 0.160. The summed E-state index contributed by atoms with van der Waals surface area (Å²) in [6.07, 6.45) is 2.69. The molecular formula is C31H38N4O. The normalized spacial score (nSPS) is 15.1. The largest absolute Gasteiger partial charge is 0.396 e. The van der Waals surface area contributed by atoms with E-state index >= 15 is 0 Å². The highest BCUT2D eigenvalue weighted by Crippen LogP contribution is 2.36. The molecule has 0 amide bonds. The van der Waals surface area contributed by atoms with Crippen LogP contribution in [0.2, 0.25) is 0 Å². The van der Waals surface area contributed by atoms with Crippen molar-refractivity contribution < 1.29 is 5.11 Å². The van der Waals surface area contributed by atoms with E-state index in [1.807, 2.05) is 18.2 Å². The standard InChI is InChI=1S/C31H38N4O/c1-24(2)34-18-20-35(21-19-34)29-16-12-27(13-17-29)31(26-10-14-28(15-11-26)33-23-32)30(9-6-22-36)25-7-4-3-5-8-25/h3-5,7-8,10-17,23-24,36H,6,9,18-22H2,1-2H3,(H2,32,33)/b31-30-. The summed E-state index contributed by atoms with van der Waals surface area (Å²) in [6, 6.07) is 28.3. The molecule has 5 heteroatoms. The lowest BCUT2D eigenvalue weighted by molar-refractivity contribution is 0.209. The molecule has 1 saturated heterocycles. The summed E-state index contributed by atoms with van der Waals surface area (Å²) in [5.74, 6) is 0. The Morgan fingerprint density at radius 1 is 0.861 bits per heavy atom. The zero-order chi connectivity index (χ0) is 25.3. The summed E-state index contributed by atoms with van der Waals surface area (Å²) in [7, 11) is 0. The molecule has 0 radical (unpaired) electrons. The number of rotatable bonds is 10. The smallest absolute Gasteiger partial charge is 0.0835 e. The Morgan fingerprint density at radius 3 is 2.03 bits per heavy atom. The van der Waals surface area contributed by atoms with Gasteiger partial charge in [-0.3, -0.25) is 10.3 Å². The second kappa shape index (κ2) is 12.5. The fourth-order valence-electron chi connectivity index (χ4n) is 4.98. The Morgan fingerprint density at radius 2 is 1.47 bits per heavy atom. The Kier molecular flexibility index (Phi) is 8.93. The van der Waals surface area contributed by atoms with E-state index in [1.165, 1.54) is 34.3 Å². The van der Waals surface area contributed by atoms with Crippen molar-refractivity contribution in [1.82, 2.24) is 4.90 Å². The average molecular weight is 483 g/mol. The molecule has 1 aliphatic rings. The first kappa shape index (κ1) is 25.7. The van der Waals surface area contributed by atoms with Crippen LogP contribution in [0.3, 0.4) is 0 Å². The Bertz CT molecular complexity index is 1130. The van der Waals surface area contributed by atoms with E-state index in [-0.39, 0.29) is 6.61 Å². The van der Waals surface area contributed by atoms with Crippen molar-refractivity contribution >= 4 is 28.9 Å². The van der Waals surface area contributed by atoms with Crippen LogP contribution < -0.4 is 10.2 Å². The number of benzene rings is 3. The van der Waals surface area contributed by atoms with E-state index in [4.69, 9.17) is 5.41 Å². The third-order valence-electron chi connectivity index (χ3n) is 6.99. The van der Waals surface area contributed by atoms with Gasteiger partial charge in [-0.05, 0) is 78.8 Å². The predicted octanol–water partition coefficient (Wildman–Crippen LogP) is 5.97. The van der Waals surface area contributed by atoms with Gasteiger partial charge in [-0.2, -0.15) is 0 Å². The van der Waals surface area contributed by atoms with Crippen molar-refractivity contribution in [2.75, 3.05) is 43.0 Å². The summed E-state index contributed by atoms with van der Waals surface area (Å²) in [5.41, 5.74) is 8.05. The molecule has 4 rings (SSSR count). The molecule has 0 unspecified atom stereocenters. The summed E-state index contributed by atoms with van der Waals surface area (Å²) in [6.45, 7) is 8.99. The van der Waals surface area contributed by atoms with Gasteiger partial charge in [0.15, 0.2) is 0 Å². The molecule has 36 heavy (non-hydrogen) atoms. The quantitative estimate of drug-likeness (QED) is 0.189. The first-order valence-electron chi connectivity index (χ1n) is 13.0. The molecule has 0 aliphatic carbocycles. The zero-order valence-corrected chi connectivity index (χ0v) is 21.5. The van der Waals surface area contributed by atoms with Crippen molar-refractivity contribution in [2.45, 2.75) is 32.7 Å². The molecule has 188 valence electrons. The minimum absolute atomic E-state index is 0.160. The number of allylic oxidation sites excluding steroid dienone is 1. The van der Waals surface area contributed by atoms with Crippen molar-refractivity contribution in [3.8, 4) is 0 Å². The maximum absolute atomic E-state index is 9.65. The van der Waals surface area contributed by atoms with E-state index in [9.17, 15) is 5.11 Å².